The largest absolute Gasteiger partial charge is 0.299 e. The van der Waals surface area contributed by atoms with Crippen LogP contribution in [0.1, 0.15) is 52.9 Å². The van der Waals surface area contributed by atoms with Gasteiger partial charge in [0.1, 0.15) is 5.78 Å². The van der Waals surface area contributed by atoms with E-state index in [1.54, 1.807) is 0 Å². The number of carbonyl (C=O) groups excluding carboxylic acids is 1. The standard InChI is InChI=1S/C14H25NO/c1-10-6-4-5-7-13(10)15-9-8-14(16)11(2)12(15)3/h10-13H,4-9H2,1-3H3. The van der Waals surface area contributed by atoms with Crippen LogP contribution in [0, 0.1) is 11.8 Å². The first-order chi connectivity index (χ1) is 7.61. The number of likely N-dealkylation sites (tertiary alicyclic amines) is 1. The van der Waals surface area contributed by atoms with Crippen LogP contribution in [0.15, 0.2) is 0 Å². The van der Waals surface area contributed by atoms with Gasteiger partial charge in [-0.25, -0.2) is 0 Å². The highest BCUT2D eigenvalue weighted by Crippen LogP contribution is 2.32. The Hall–Kier alpha value is -0.370. The van der Waals surface area contributed by atoms with Crippen molar-refractivity contribution in [2.75, 3.05) is 6.54 Å². The van der Waals surface area contributed by atoms with E-state index in [1.807, 2.05) is 0 Å². The van der Waals surface area contributed by atoms with E-state index in [2.05, 4.69) is 25.7 Å². The molecule has 0 aromatic carbocycles. The van der Waals surface area contributed by atoms with Crippen LogP contribution in [0.25, 0.3) is 0 Å². The molecule has 4 atom stereocenters. The van der Waals surface area contributed by atoms with E-state index in [4.69, 9.17) is 0 Å². The van der Waals surface area contributed by atoms with Gasteiger partial charge in [-0.2, -0.15) is 0 Å². The topological polar surface area (TPSA) is 20.3 Å². The maximum absolute atomic E-state index is 11.7. The summed E-state index contributed by atoms with van der Waals surface area (Å²) in [5.74, 6) is 1.52. The second-order valence-corrected chi connectivity index (χ2v) is 5.81. The van der Waals surface area contributed by atoms with E-state index >= 15 is 0 Å². The average molecular weight is 223 g/mol. The minimum Gasteiger partial charge on any atom is -0.299 e. The van der Waals surface area contributed by atoms with Gasteiger partial charge in [-0.1, -0.05) is 26.7 Å². The van der Waals surface area contributed by atoms with Crippen molar-refractivity contribution in [2.45, 2.75) is 65.0 Å². The Labute approximate surface area is 99.4 Å². The van der Waals surface area contributed by atoms with Crippen molar-refractivity contribution in [1.29, 1.82) is 0 Å². The molecule has 1 saturated carbocycles. The highest BCUT2D eigenvalue weighted by molar-refractivity contribution is 5.82. The Balaban J connectivity index is 2.05. The lowest BCUT2D eigenvalue weighted by Crippen LogP contribution is -2.54. The fourth-order valence-corrected chi connectivity index (χ4v) is 3.48. The Morgan fingerprint density at radius 1 is 1.12 bits per heavy atom. The number of carbonyl (C=O) groups is 1. The second-order valence-electron chi connectivity index (χ2n) is 5.81. The van der Waals surface area contributed by atoms with E-state index in [0.717, 1.165) is 24.9 Å². The average Bonchev–Trinajstić information content (AvgIpc) is 2.28. The molecule has 1 aliphatic carbocycles. The summed E-state index contributed by atoms with van der Waals surface area (Å²) in [7, 11) is 0. The summed E-state index contributed by atoms with van der Waals surface area (Å²) in [6.07, 6.45) is 6.26. The number of ketones is 1. The first-order valence-electron chi connectivity index (χ1n) is 6.89. The SMILES string of the molecule is CC1CCCCC1N1CCC(=O)C(C)C1C. The van der Waals surface area contributed by atoms with Gasteiger partial charge in [-0.3, -0.25) is 9.69 Å². The van der Waals surface area contributed by atoms with E-state index in [1.165, 1.54) is 25.7 Å². The van der Waals surface area contributed by atoms with E-state index < -0.39 is 0 Å². The summed E-state index contributed by atoms with van der Waals surface area (Å²) >= 11 is 0. The van der Waals surface area contributed by atoms with Gasteiger partial charge in [0.05, 0.1) is 0 Å². The maximum Gasteiger partial charge on any atom is 0.138 e. The second kappa shape index (κ2) is 4.87. The van der Waals surface area contributed by atoms with E-state index in [0.29, 0.717) is 11.8 Å². The van der Waals surface area contributed by atoms with Crippen LogP contribution in [0.5, 0.6) is 0 Å². The van der Waals surface area contributed by atoms with Gasteiger partial charge in [0.2, 0.25) is 0 Å². The summed E-state index contributed by atoms with van der Waals surface area (Å²) in [6, 6.07) is 1.19. The minimum atomic E-state index is 0.239. The molecule has 0 N–H and O–H groups in total. The fraction of sp³-hybridized carbons (Fsp3) is 0.929. The van der Waals surface area contributed by atoms with Gasteiger partial charge in [0.25, 0.3) is 0 Å². The zero-order valence-corrected chi connectivity index (χ0v) is 10.9. The summed E-state index contributed by atoms with van der Waals surface area (Å²) in [5, 5.41) is 0. The zero-order valence-electron chi connectivity index (χ0n) is 10.9. The summed E-state index contributed by atoms with van der Waals surface area (Å²) in [6.45, 7) is 7.73. The molecule has 1 saturated heterocycles. The molecule has 0 aromatic heterocycles. The van der Waals surface area contributed by atoms with Crippen molar-refractivity contribution in [2.24, 2.45) is 11.8 Å². The molecule has 1 heterocycles. The monoisotopic (exact) mass is 223 g/mol. The lowest BCUT2D eigenvalue weighted by atomic mass is 9.81. The van der Waals surface area contributed by atoms with Crippen LogP contribution in [0.4, 0.5) is 0 Å². The number of rotatable bonds is 1. The molecule has 2 nitrogen and oxygen atoms in total. The van der Waals surface area contributed by atoms with Crippen molar-refractivity contribution in [1.82, 2.24) is 4.90 Å². The normalized spacial score (nSPS) is 42.3. The predicted molar refractivity (Wildman–Crippen MR) is 66.4 cm³/mol. The number of hydrogen-bond donors (Lipinski definition) is 0. The third-order valence-electron chi connectivity index (χ3n) is 4.86. The van der Waals surface area contributed by atoms with Crippen LogP contribution in [0.2, 0.25) is 0 Å². The highest BCUT2D eigenvalue weighted by atomic mass is 16.1. The smallest absolute Gasteiger partial charge is 0.138 e. The lowest BCUT2D eigenvalue weighted by molar-refractivity contribution is -0.129. The van der Waals surface area contributed by atoms with Crippen LogP contribution in [0.3, 0.4) is 0 Å². The minimum absolute atomic E-state index is 0.239. The molecular formula is C14H25NO. The number of nitrogens with zero attached hydrogens (tertiary/aromatic N) is 1. The van der Waals surface area contributed by atoms with Crippen molar-refractivity contribution in [3.05, 3.63) is 0 Å². The van der Waals surface area contributed by atoms with Crippen molar-refractivity contribution in [3.8, 4) is 0 Å². The first-order valence-corrected chi connectivity index (χ1v) is 6.89. The molecule has 0 spiro atoms. The Bertz CT molecular complexity index is 263. The molecule has 0 radical (unpaired) electrons. The van der Waals surface area contributed by atoms with Crippen LogP contribution >= 0.6 is 0 Å². The third kappa shape index (κ3) is 2.17. The molecule has 2 fully saturated rings. The van der Waals surface area contributed by atoms with Gasteiger partial charge in [-0.15, -0.1) is 0 Å². The van der Waals surface area contributed by atoms with Crippen LogP contribution < -0.4 is 0 Å². The van der Waals surface area contributed by atoms with Crippen LogP contribution in [-0.4, -0.2) is 29.3 Å². The number of piperidine rings is 1. The van der Waals surface area contributed by atoms with Crippen molar-refractivity contribution >= 4 is 5.78 Å². The molecule has 92 valence electrons. The van der Waals surface area contributed by atoms with E-state index in [-0.39, 0.29) is 5.92 Å². The predicted octanol–water partition coefficient (Wildman–Crippen LogP) is 2.86. The van der Waals surface area contributed by atoms with Gasteiger partial charge in [-0.05, 0) is 25.7 Å². The molecular weight excluding hydrogens is 198 g/mol. The summed E-state index contributed by atoms with van der Waals surface area (Å²) in [5.41, 5.74) is 0. The van der Waals surface area contributed by atoms with Gasteiger partial charge in [0, 0.05) is 31.0 Å². The van der Waals surface area contributed by atoms with Gasteiger partial charge in [0.15, 0.2) is 0 Å². The van der Waals surface area contributed by atoms with E-state index in [9.17, 15) is 4.79 Å². The third-order valence-corrected chi connectivity index (χ3v) is 4.86. The molecule has 16 heavy (non-hydrogen) atoms. The molecule has 4 unspecified atom stereocenters. The van der Waals surface area contributed by atoms with Crippen LogP contribution in [-0.2, 0) is 4.79 Å². The lowest BCUT2D eigenvalue weighted by Gasteiger charge is -2.46. The van der Waals surface area contributed by atoms with Crippen molar-refractivity contribution in [3.63, 3.8) is 0 Å². The fourth-order valence-electron chi connectivity index (χ4n) is 3.48. The molecule has 0 amide bonds. The molecule has 2 heteroatoms. The first kappa shape index (κ1) is 12.1. The zero-order chi connectivity index (χ0) is 11.7. The number of Topliss-reactive ketones (excluding diaryl/α,β-unsaturated/α-hetero) is 1. The highest BCUT2D eigenvalue weighted by Gasteiger charge is 2.37. The quantitative estimate of drug-likeness (QED) is 0.681. The molecule has 2 rings (SSSR count). The van der Waals surface area contributed by atoms with Crippen molar-refractivity contribution < 1.29 is 4.79 Å². The van der Waals surface area contributed by atoms with Gasteiger partial charge >= 0.3 is 0 Å². The molecule has 2 aliphatic rings. The summed E-state index contributed by atoms with van der Waals surface area (Å²) in [4.78, 5) is 14.3. The van der Waals surface area contributed by atoms with Gasteiger partial charge < -0.3 is 0 Å². The Kier molecular flexibility index (Phi) is 3.68. The molecule has 1 aliphatic heterocycles. The maximum atomic E-state index is 11.7. The molecule has 0 aromatic rings. The Morgan fingerprint density at radius 2 is 1.81 bits per heavy atom. The molecule has 0 bridgehead atoms. The number of hydrogen-bond acceptors (Lipinski definition) is 2. The Morgan fingerprint density at radius 3 is 2.50 bits per heavy atom. The summed E-state index contributed by atoms with van der Waals surface area (Å²) < 4.78 is 0.